The number of aliphatic hydroxyl groups is 1. The maximum absolute atomic E-state index is 13.5. The number of aromatic nitrogens is 5. The fourth-order valence-corrected chi connectivity index (χ4v) is 3.85. The van der Waals surface area contributed by atoms with E-state index in [2.05, 4.69) is 30.6 Å². The molecule has 0 amide bonds. The van der Waals surface area contributed by atoms with Gasteiger partial charge in [-0.05, 0) is 19.1 Å². The highest BCUT2D eigenvalue weighted by Crippen LogP contribution is 2.31. The molecule has 3 N–H and O–H groups in total. The van der Waals surface area contributed by atoms with Crippen LogP contribution in [0.25, 0.3) is 33.4 Å². The number of fused-ring (bicyclic) bond motifs is 1. The minimum absolute atomic E-state index is 0.0228. The lowest BCUT2D eigenvalue weighted by molar-refractivity contribution is 0.291. The molecule has 0 aliphatic heterocycles. The van der Waals surface area contributed by atoms with Gasteiger partial charge in [-0.2, -0.15) is 4.98 Å². The molecular formula is C23H24ClN7O2. The van der Waals surface area contributed by atoms with E-state index in [0.29, 0.717) is 53.1 Å². The van der Waals surface area contributed by atoms with Gasteiger partial charge in [0.05, 0.1) is 24.2 Å². The highest BCUT2D eigenvalue weighted by atomic mass is 35.5. The lowest BCUT2D eigenvalue weighted by Crippen LogP contribution is -2.30. The zero-order valence-electron chi connectivity index (χ0n) is 18.3. The number of hydrogen-bond acceptors (Lipinski definition) is 8. The molecule has 0 spiro atoms. The van der Waals surface area contributed by atoms with E-state index in [1.165, 1.54) is 0 Å². The van der Waals surface area contributed by atoms with Crippen LogP contribution in [0.4, 0.5) is 5.95 Å². The number of nitrogens with one attached hydrogen (secondary N) is 2. The second-order valence-corrected chi connectivity index (χ2v) is 7.86. The van der Waals surface area contributed by atoms with Crippen LogP contribution in [0, 0.1) is 6.92 Å². The summed E-state index contributed by atoms with van der Waals surface area (Å²) in [5.74, 6) is 0.424. The second-order valence-electron chi connectivity index (χ2n) is 7.45. The number of anilines is 1. The number of halogens is 1. The van der Waals surface area contributed by atoms with Crippen LogP contribution in [0.15, 0.2) is 47.7 Å². The Hall–Kier alpha value is -3.40. The van der Waals surface area contributed by atoms with E-state index in [0.717, 1.165) is 16.6 Å². The summed E-state index contributed by atoms with van der Waals surface area (Å²) in [4.78, 5) is 31.0. The first kappa shape index (κ1) is 22.8. The van der Waals surface area contributed by atoms with Gasteiger partial charge in [0.2, 0.25) is 5.95 Å². The van der Waals surface area contributed by atoms with E-state index in [4.69, 9.17) is 16.7 Å². The van der Waals surface area contributed by atoms with Crippen LogP contribution in [0.1, 0.15) is 5.69 Å². The maximum Gasteiger partial charge on any atom is 0.260 e. The zero-order chi connectivity index (χ0) is 23.4. The lowest BCUT2D eigenvalue weighted by atomic mass is 10.0. The van der Waals surface area contributed by atoms with Crippen molar-refractivity contribution in [1.29, 1.82) is 0 Å². The first-order valence-electron chi connectivity index (χ1n) is 10.5. The predicted molar refractivity (Wildman–Crippen MR) is 130 cm³/mol. The van der Waals surface area contributed by atoms with Crippen molar-refractivity contribution in [2.75, 3.05) is 32.1 Å². The molecule has 0 saturated heterocycles. The molecule has 10 heteroatoms. The largest absolute Gasteiger partial charge is 0.395 e. The molecule has 170 valence electrons. The van der Waals surface area contributed by atoms with E-state index in [1.807, 2.05) is 19.1 Å². The quantitative estimate of drug-likeness (QED) is 0.340. The molecule has 4 aromatic rings. The molecule has 0 radical (unpaired) electrons. The molecule has 0 aliphatic rings. The van der Waals surface area contributed by atoms with Crippen LogP contribution in [-0.4, -0.2) is 56.4 Å². The van der Waals surface area contributed by atoms with E-state index in [-0.39, 0.29) is 12.2 Å². The Morgan fingerprint density at radius 1 is 1.09 bits per heavy atom. The molecule has 0 bridgehead atoms. The van der Waals surface area contributed by atoms with Crippen molar-refractivity contribution in [2.24, 2.45) is 0 Å². The summed E-state index contributed by atoms with van der Waals surface area (Å²) in [6.07, 6.45) is 5.05. The number of pyridine rings is 1. The fourth-order valence-electron chi connectivity index (χ4n) is 3.57. The second kappa shape index (κ2) is 10.0. The van der Waals surface area contributed by atoms with Crippen LogP contribution in [-0.2, 0) is 6.54 Å². The lowest BCUT2D eigenvalue weighted by Gasteiger charge is -2.14. The Morgan fingerprint density at radius 3 is 2.67 bits per heavy atom. The van der Waals surface area contributed by atoms with Crippen molar-refractivity contribution < 1.29 is 5.11 Å². The zero-order valence-corrected chi connectivity index (χ0v) is 19.1. The first-order chi connectivity index (χ1) is 16.0. The van der Waals surface area contributed by atoms with Crippen molar-refractivity contribution in [3.63, 3.8) is 0 Å². The van der Waals surface area contributed by atoms with Gasteiger partial charge in [0, 0.05) is 66.2 Å². The third kappa shape index (κ3) is 4.85. The van der Waals surface area contributed by atoms with Crippen LogP contribution in [0.3, 0.4) is 0 Å². The van der Waals surface area contributed by atoms with Crippen LogP contribution < -0.4 is 16.2 Å². The Bertz CT molecular complexity index is 1360. The van der Waals surface area contributed by atoms with Crippen molar-refractivity contribution in [3.8, 4) is 22.4 Å². The Labute approximate surface area is 195 Å². The van der Waals surface area contributed by atoms with Crippen molar-refractivity contribution in [1.82, 2.24) is 29.8 Å². The molecule has 0 saturated carbocycles. The highest BCUT2D eigenvalue weighted by Gasteiger charge is 2.16. The molecule has 0 unspecified atom stereocenters. The van der Waals surface area contributed by atoms with Gasteiger partial charge < -0.3 is 15.7 Å². The summed E-state index contributed by atoms with van der Waals surface area (Å²) in [5.41, 5.74) is 3.72. The minimum Gasteiger partial charge on any atom is -0.395 e. The Balaban J connectivity index is 1.81. The van der Waals surface area contributed by atoms with Gasteiger partial charge in [0.1, 0.15) is 5.65 Å². The van der Waals surface area contributed by atoms with Gasteiger partial charge in [-0.1, -0.05) is 23.7 Å². The topological polar surface area (TPSA) is 118 Å². The maximum atomic E-state index is 13.5. The Morgan fingerprint density at radius 2 is 1.94 bits per heavy atom. The van der Waals surface area contributed by atoms with Crippen LogP contribution in [0.5, 0.6) is 0 Å². The van der Waals surface area contributed by atoms with E-state index in [1.54, 1.807) is 42.3 Å². The minimum atomic E-state index is -0.209. The average Bonchev–Trinajstić information content (AvgIpc) is 2.82. The standard InChI is InChI=1S/C23H24ClN7O2/c1-14-11-27-13-20(29-14)15-3-4-17(19(24)10-15)18-9-16-12-28-23(25-2)30-21(16)31(22(18)33)7-5-26-6-8-32/h3-4,9-13,26,32H,5-8H2,1-2H3,(H,25,28,30). The van der Waals surface area contributed by atoms with Gasteiger partial charge in [0.15, 0.2) is 0 Å². The SMILES string of the molecule is CNc1ncc2cc(-c3ccc(-c4cncc(C)n4)cc3Cl)c(=O)n(CCNCCO)c2n1. The molecule has 1 aromatic carbocycles. The van der Waals surface area contributed by atoms with E-state index in [9.17, 15) is 4.79 Å². The molecule has 3 aromatic heterocycles. The number of aryl methyl sites for hydroxylation is 1. The molecule has 33 heavy (non-hydrogen) atoms. The summed E-state index contributed by atoms with van der Waals surface area (Å²) >= 11 is 6.64. The molecule has 0 aliphatic carbocycles. The smallest absolute Gasteiger partial charge is 0.260 e. The number of benzene rings is 1. The summed E-state index contributed by atoms with van der Waals surface area (Å²) in [6, 6.07) is 7.25. The number of aliphatic hydroxyl groups excluding tert-OH is 1. The molecule has 3 heterocycles. The van der Waals surface area contributed by atoms with Crippen molar-refractivity contribution in [2.45, 2.75) is 13.5 Å². The van der Waals surface area contributed by atoms with Gasteiger partial charge >= 0.3 is 0 Å². The summed E-state index contributed by atoms with van der Waals surface area (Å²) < 4.78 is 1.60. The predicted octanol–water partition coefficient (Wildman–Crippen LogP) is 2.50. The molecule has 0 atom stereocenters. The summed E-state index contributed by atoms with van der Waals surface area (Å²) in [6.45, 7) is 3.21. The van der Waals surface area contributed by atoms with E-state index < -0.39 is 0 Å². The third-order valence-corrected chi connectivity index (χ3v) is 5.47. The molecule has 0 fully saturated rings. The molecule has 4 rings (SSSR count). The van der Waals surface area contributed by atoms with Crippen LogP contribution >= 0.6 is 11.6 Å². The number of nitrogens with zero attached hydrogens (tertiary/aromatic N) is 5. The normalized spacial score (nSPS) is 11.2. The van der Waals surface area contributed by atoms with Crippen molar-refractivity contribution >= 4 is 28.6 Å². The van der Waals surface area contributed by atoms with E-state index >= 15 is 0 Å². The van der Waals surface area contributed by atoms with Crippen molar-refractivity contribution in [3.05, 3.63) is 63.9 Å². The van der Waals surface area contributed by atoms with Gasteiger partial charge in [-0.3, -0.25) is 14.3 Å². The summed E-state index contributed by atoms with van der Waals surface area (Å²) in [7, 11) is 1.72. The monoisotopic (exact) mass is 465 g/mol. The Kier molecular flexibility index (Phi) is 6.93. The molecular weight excluding hydrogens is 442 g/mol. The first-order valence-corrected chi connectivity index (χ1v) is 10.9. The average molecular weight is 466 g/mol. The van der Waals surface area contributed by atoms with Crippen LogP contribution in [0.2, 0.25) is 5.02 Å². The highest BCUT2D eigenvalue weighted by molar-refractivity contribution is 6.33. The van der Waals surface area contributed by atoms with Gasteiger partial charge in [-0.15, -0.1) is 0 Å². The molecule has 9 nitrogen and oxygen atoms in total. The van der Waals surface area contributed by atoms with Gasteiger partial charge in [-0.25, -0.2) is 9.97 Å². The summed E-state index contributed by atoms with van der Waals surface area (Å²) in [5, 5.41) is 16.2. The third-order valence-electron chi connectivity index (χ3n) is 5.16. The fraction of sp³-hybridized carbons (Fsp3) is 0.261. The van der Waals surface area contributed by atoms with Gasteiger partial charge in [0.25, 0.3) is 5.56 Å². The number of hydrogen-bond donors (Lipinski definition) is 3. The number of rotatable bonds is 8.